The summed E-state index contributed by atoms with van der Waals surface area (Å²) in [5.74, 6) is 0.747. The number of ether oxygens (including phenoxy) is 1. The van der Waals surface area contributed by atoms with Gasteiger partial charge in [0, 0.05) is 36.4 Å². The summed E-state index contributed by atoms with van der Waals surface area (Å²) in [5.41, 5.74) is 3.19. The fraction of sp³-hybridized carbons (Fsp3) is 0.333. The van der Waals surface area contributed by atoms with Crippen LogP contribution in [0.1, 0.15) is 11.3 Å². The van der Waals surface area contributed by atoms with Crippen LogP contribution in [-0.2, 0) is 11.3 Å². The van der Waals surface area contributed by atoms with E-state index in [-0.39, 0.29) is 0 Å². The van der Waals surface area contributed by atoms with Crippen LogP contribution in [0.2, 0.25) is 0 Å². The van der Waals surface area contributed by atoms with Crippen LogP contribution in [0.15, 0.2) is 34.9 Å². The average molecular weight is 336 g/mol. The molecule has 1 aromatic heterocycles. The van der Waals surface area contributed by atoms with Gasteiger partial charge in [0.15, 0.2) is 5.82 Å². The van der Waals surface area contributed by atoms with Crippen molar-refractivity contribution in [1.82, 2.24) is 15.3 Å². The van der Waals surface area contributed by atoms with Crippen LogP contribution in [0.25, 0.3) is 11.4 Å². The first kappa shape index (κ1) is 15.1. The Morgan fingerprint density at radius 3 is 2.90 bits per heavy atom. The van der Waals surface area contributed by atoms with Gasteiger partial charge in [-0.15, -0.1) is 0 Å². The lowest BCUT2D eigenvalue weighted by Gasteiger charge is -2.06. The smallest absolute Gasteiger partial charge is 0.159 e. The van der Waals surface area contributed by atoms with Crippen molar-refractivity contribution in [3.05, 3.63) is 46.2 Å². The molecule has 1 aromatic carbocycles. The molecule has 4 nitrogen and oxygen atoms in total. The molecule has 0 aliphatic carbocycles. The highest BCUT2D eigenvalue weighted by Crippen LogP contribution is 2.23. The van der Waals surface area contributed by atoms with Crippen LogP contribution in [0.5, 0.6) is 0 Å². The third-order valence-electron chi connectivity index (χ3n) is 2.93. The minimum absolute atomic E-state index is 0.697. The first-order valence-electron chi connectivity index (χ1n) is 6.49. The first-order valence-corrected chi connectivity index (χ1v) is 7.28. The third kappa shape index (κ3) is 4.10. The summed E-state index contributed by atoms with van der Waals surface area (Å²) in [6, 6.07) is 8.07. The Morgan fingerprint density at radius 2 is 2.15 bits per heavy atom. The van der Waals surface area contributed by atoms with E-state index >= 15 is 0 Å². The number of halogens is 1. The highest BCUT2D eigenvalue weighted by atomic mass is 79.9. The zero-order chi connectivity index (χ0) is 14.4. The minimum atomic E-state index is 0.697. The Bertz CT molecular complexity index is 575. The van der Waals surface area contributed by atoms with Gasteiger partial charge in [0.2, 0.25) is 0 Å². The van der Waals surface area contributed by atoms with Crippen molar-refractivity contribution < 1.29 is 4.74 Å². The maximum Gasteiger partial charge on any atom is 0.159 e. The van der Waals surface area contributed by atoms with Crippen molar-refractivity contribution in [2.75, 3.05) is 20.3 Å². The summed E-state index contributed by atoms with van der Waals surface area (Å²) in [5, 5.41) is 3.28. The monoisotopic (exact) mass is 335 g/mol. The number of nitrogens with one attached hydrogen (secondary N) is 1. The number of rotatable bonds is 6. The summed E-state index contributed by atoms with van der Waals surface area (Å²) in [6.45, 7) is 4.28. The van der Waals surface area contributed by atoms with Crippen molar-refractivity contribution in [3.8, 4) is 11.4 Å². The predicted octanol–water partition coefficient (Wildman–Crippen LogP) is 2.95. The van der Waals surface area contributed by atoms with E-state index in [0.29, 0.717) is 13.2 Å². The highest BCUT2D eigenvalue weighted by molar-refractivity contribution is 9.10. The molecule has 0 amide bonds. The SMILES string of the molecule is COCCNCc1ccnc(-c2ccc(C)c(Br)c2)n1. The summed E-state index contributed by atoms with van der Waals surface area (Å²) in [4.78, 5) is 8.92. The molecule has 0 bridgehead atoms. The van der Waals surface area contributed by atoms with Gasteiger partial charge in [0.05, 0.1) is 12.3 Å². The molecule has 20 heavy (non-hydrogen) atoms. The second kappa shape index (κ2) is 7.47. The molecule has 0 radical (unpaired) electrons. The Morgan fingerprint density at radius 1 is 1.30 bits per heavy atom. The molecule has 0 spiro atoms. The quantitative estimate of drug-likeness (QED) is 0.824. The Kier molecular flexibility index (Phi) is 5.64. The van der Waals surface area contributed by atoms with Gasteiger partial charge in [0.25, 0.3) is 0 Å². The topological polar surface area (TPSA) is 47.0 Å². The maximum absolute atomic E-state index is 5.00. The van der Waals surface area contributed by atoms with Gasteiger partial charge >= 0.3 is 0 Å². The van der Waals surface area contributed by atoms with Gasteiger partial charge < -0.3 is 10.1 Å². The largest absolute Gasteiger partial charge is 0.383 e. The molecule has 1 heterocycles. The Balaban J connectivity index is 2.10. The maximum atomic E-state index is 5.00. The zero-order valence-corrected chi connectivity index (χ0v) is 13.3. The predicted molar refractivity (Wildman–Crippen MR) is 83.5 cm³/mol. The highest BCUT2D eigenvalue weighted by Gasteiger charge is 2.04. The number of hydrogen-bond acceptors (Lipinski definition) is 4. The number of benzene rings is 1. The van der Waals surface area contributed by atoms with Gasteiger partial charge in [0.1, 0.15) is 0 Å². The molecule has 5 heteroatoms. The van der Waals surface area contributed by atoms with Crippen molar-refractivity contribution in [1.29, 1.82) is 0 Å². The molecule has 0 unspecified atom stereocenters. The number of hydrogen-bond donors (Lipinski definition) is 1. The Hall–Kier alpha value is -1.30. The molecule has 0 aliphatic rings. The lowest BCUT2D eigenvalue weighted by Crippen LogP contribution is -2.19. The van der Waals surface area contributed by atoms with Gasteiger partial charge in [-0.05, 0) is 24.6 Å². The van der Waals surface area contributed by atoms with E-state index in [1.807, 2.05) is 18.2 Å². The molecular formula is C15H18BrN3O. The average Bonchev–Trinajstić information content (AvgIpc) is 2.47. The molecule has 0 fully saturated rings. The van der Waals surface area contributed by atoms with Gasteiger partial charge in [-0.1, -0.05) is 28.1 Å². The van der Waals surface area contributed by atoms with Crippen LogP contribution in [-0.4, -0.2) is 30.2 Å². The zero-order valence-electron chi connectivity index (χ0n) is 11.7. The summed E-state index contributed by atoms with van der Waals surface area (Å²) in [7, 11) is 1.69. The molecular weight excluding hydrogens is 318 g/mol. The van der Waals surface area contributed by atoms with Crippen LogP contribution in [0, 0.1) is 6.92 Å². The Labute approximate surface area is 127 Å². The molecule has 2 rings (SSSR count). The van der Waals surface area contributed by atoms with Crippen LogP contribution in [0.3, 0.4) is 0 Å². The van der Waals surface area contributed by atoms with E-state index in [4.69, 9.17) is 4.74 Å². The van der Waals surface area contributed by atoms with E-state index in [2.05, 4.69) is 44.2 Å². The van der Waals surface area contributed by atoms with E-state index < -0.39 is 0 Å². The van der Waals surface area contributed by atoms with Gasteiger partial charge in [-0.3, -0.25) is 0 Å². The van der Waals surface area contributed by atoms with E-state index in [1.165, 1.54) is 5.56 Å². The normalized spacial score (nSPS) is 10.8. The number of nitrogens with zero attached hydrogens (tertiary/aromatic N) is 2. The van der Waals surface area contributed by atoms with Crippen molar-refractivity contribution in [2.45, 2.75) is 13.5 Å². The van der Waals surface area contributed by atoms with Gasteiger partial charge in [-0.2, -0.15) is 0 Å². The summed E-state index contributed by atoms with van der Waals surface area (Å²) in [6.07, 6.45) is 1.80. The lowest BCUT2D eigenvalue weighted by molar-refractivity contribution is 0.199. The molecule has 0 aliphatic heterocycles. The van der Waals surface area contributed by atoms with Crippen molar-refractivity contribution in [2.24, 2.45) is 0 Å². The number of aryl methyl sites for hydroxylation is 1. The molecule has 0 atom stereocenters. The van der Waals surface area contributed by atoms with Crippen molar-refractivity contribution in [3.63, 3.8) is 0 Å². The molecule has 0 saturated heterocycles. The standard InChI is InChI=1S/C15H18BrN3O/c1-11-3-4-12(9-14(11)16)15-18-6-5-13(19-15)10-17-7-8-20-2/h3-6,9,17H,7-8,10H2,1-2H3. The summed E-state index contributed by atoms with van der Waals surface area (Å²) >= 11 is 3.54. The third-order valence-corrected chi connectivity index (χ3v) is 3.79. The first-order chi connectivity index (χ1) is 9.70. The van der Waals surface area contributed by atoms with Crippen LogP contribution < -0.4 is 5.32 Å². The lowest BCUT2D eigenvalue weighted by atomic mass is 10.1. The molecule has 2 aromatic rings. The fourth-order valence-corrected chi connectivity index (χ4v) is 2.14. The molecule has 106 valence electrons. The number of aromatic nitrogens is 2. The van der Waals surface area contributed by atoms with Gasteiger partial charge in [-0.25, -0.2) is 9.97 Å². The molecule has 0 saturated carbocycles. The van der Waals surface area contributed by atoms with E-state index in [0.717, 1.165) is 28.1 Å². The fourth-order valence-electron chi connectivity index (χ4n) is 1.76. The summed E-state index contributed by atoms with van der Waals surface area (Å²) < 4.78 is 6.07. The second-order valence-electron chi connectivity index (χ2n) is 4.51. The van der Waals surface area contributed by atoms with Crippen LogP contribution in [0.4, 0.5) is 0 Å². The van der Waals surface area contributed by atoms with Crippen molar-refractivity contribution >= 4 is 15.9 Å². The minimum Gasteiger partial charge on any atom is -0.383 e. The van der Waals surface area contributed by atoms with Crippen LogP contribution >= 0.6 is 15.9 Å². The second-order valence-corrected chi connectivity index (χ2v) is 5.36. The van der Waals surface area contributed by atoms with E-state index in [9.17, 15) is 0 Å². The number of methoxy groups -OCH3 is 1. The van der Waals surface area contributed by atoms with E-state index in [1.54, 1.807) is 13.3 Å². The molecule has 1 N–H and O–H groups in total.